The molecule has 0 saturated carbocycles. The van der Waals surface area contributed by atoms with E-state index in [1.165, 1.54) is 11.3 Å². The first-order valence-corrected chi connectivity index (χ1v) is 7.80. The van der Waals surface area contributed by atoms with Gasteiger partial charge in [-0.3, -0.25) is 4.79 Å². The van der Waals surface area contributed by atoms with E-state index >= 15 is 0 Å². The number of aromatic nitrogens is 1. The number of nitrogens with two attached hydrogens (primary N) is 1. The van der Waals surface area contributed by atoms with Crippen LogP contribution in [0, 0.1) is 0 Å². The van der Waals surface area contributed by atoms with Crippen LogP contribution in [-0.4, -0.2) is 18.0 Å². The Hall–Kier alpha value is -2.86. The van der Waals surface area contributed by atoms with Crippen molar-refractivity contribution in [1.29, 1.82) is 0 Å². The molecular formula is C17H15N3O2S. The molecule has 5 nitrogen and oxygen atoms in total. The van der Waals surface area contributed by atoms with Gasteiger partial charge in [0.2, 0.25) is 0 Å². The van der Waals surface area contributed by atoms with Crippen molar-refractivity contribution < 1.29 is 9.53 Å². The minimum atomic E-state index is -0.168. The molecule has 1 heterocycles. The molecule has 116 valence electrons. The van der Waals surface area contributed by atoms with E-state index in [2.05, 4.69) is 10.3 Å². The van der Waals surface area contributed by atoms with E-state index < -0.39 is 0 Å². The van der Waals surface area contributed by atoms with Gasteiger partial charge in [0.25, 0.3) is 5.91 Å². The highest BCUT2D eigenvalue weighted by molar-refractivity contribution is 7.13. The Bertz CT molecular complexity index is 811. The Morgan fingerprint density at radius 2 is 1.83 bits per heavy atom. The first-order chi connectivity index (χ1) is 11.2. The molecule has 3 rings (SSSR count). The number of ether oxygens (including phenoxy) is 1. The predicted octanol–water partition coefficient (Wildman–Crippen LogP) is 3.65. The van der Waals surface area contributed by atoms with E-state index in [1.807, 2.05) is 29.6 Å². The van der Waals surface area contributed by atoms with Gasteiger partial charge in [-0.25, -0.2) is 4.98 Å². The number of rotatable bonds is 4. The minimum Gasteiger partial charge on any atom is -0.497 e. The molecule has 0 atom stereocenters. The van der Waals surface area contributed by atoms with Gasteiger partial charge in [-0.2, -0.15) is 0 Å². The van der Waals surface area contributed by atoms with Crippen LogP contribution < -0.4 is 15.8 Å². The van der Waals surface area contributed by atoms with E-state index in [1.54, 1.807) is 31.4 Å². The maximum absolute atomic E-state index is 12.2. The normalized spacial score (nSPS) is 10.3. The molecule has 0 unspecified atom stereocenters. The van der Waals surface area contributed by atoms with Gasteiger partial charge in [0.1, 0.15) is 5.75 Å². The summed E-state index contributed by atoms with van der Waals surface area (Å²) in [5, 5.41) is 5.30. The second-order valence-corrected chi connectivity index (χ2v) is 5.72. The number of carbonyl (C=O) groups excluding carboxylic acids is 1. The van der Waals surface area contributed by atoms with Crippen molar-refractivity contribution in [2.24, 2.45) is 0 Å². The fourth-order valence-corrected chi connectivity index (χ4v) is 2.66. The van der Waals surface area contributed by atoms with E-state index in [4.69, 9.17) is 10.5 Å². The molecular weight excluding hydrogens is 310 g/mol. The van der Waals surface area contributed by atoms with Crippen LogP contribution in [0.3, 0.4) is 0 Å². The highest BCUT2D eigenvalue weighted by Gasteiger charge is 2.07. The highest BCUT2D eigenvalue weighted by atomic mass is 32.1. The van der Waals surface area contributed by atoms with E-state index in [0.29, 0.717) is 16.4 Å². The summed E-state index contributed by atoms with van der Waals surface area (Å²) in [7, 11) is 1.59. The Labute approximate surface area is 137 Å². The van der Waals surface area contributed by atoms with Gasteiger partial charge in [0, 0.05) is 22.2 Å². The smallest absolute Gasteiger partial charge is 0.255 e. The molecule has 0 saturated heterocycles. The maximum Gasteiger partial charge on any atom is 0.255 e. The number of amides is 1. The molecule has 6 heteroatoms. The van der Waals surface area contributed by atoms with Gasteiger partial charge in [-0.1, -0.05) is 12.1 Å². The molecule has 1 aromatic heterocycles. The Morgan fingerprint density at radius 1 is 1.13 bits per heavy atom. The lowest BCUT2D eigenvalue weighted by molar-refractivity contribution is 0.102. The summed E-state index contributed by atoms with van der Waals surface area (Å²) in [5.41, 5.74) is 8.72. The van der Waals surface area contributed by atoms with Crippen LogP contribution in [0.4, 0.5) is 10.8 Å². The number of methoxy groups -OCH3 is 1. The third kappa shape index (κ3) is 3.49. The van der Waals surface area contributed by atoms with Crippen molar-refractivity contribution in [2.75, 3.05) is 18.2 Å². The second-order valence-electron chi connectivity index (χ2n) is 4.83. The van der Waals surface area contributed by atoms with Gasteiger partial charge in [-0.05, 0) is 36.4 Å². The number of nitrogen functional groups attached to an aromatic ring is 1. The average Bonchev–Trinajstić information content (AvgIpc) is 3.02. The Kier molecular flexibility index (Phi) is 4.25. The van der Waals surface area contributed by atoms with Crippen LogP contribution in [0.25, 0.3) is 11.3 Å². The van der Waals surface area contributed by atoms with E-state index in [9.17, 15) is 4.79 Å². The summed E-state index contributed by atoms with van der Waals surface area (Å²) in [6, 6.07) is 14.4. The van der Waals surface area contributed by atoms with Gasteiger partial charge >= 0.3 is 0 Å². The number of hydrogen-bond acceptors (Lipinski definition) is 5. The van der Waals surface area contributed by atoms with Crippen LogP contribution in [0.2, 0.25) is 0 Å². The zero-order valence-corrected chi connectivity index (χ0v) is 13.3. The summed E-state index contributed by atoms with van der Waals surface area (Å²) in [5.74, 6) is 0.548. The van der Waals surface area contributed by atoms with Crippen molar-refractivity contribution in [3.05, 3.63) is 59.5 Å². The molecule has 3 N–H and O–H groups in total. The number of hydrogen-bond donors (Lipinski definition) is 2. The lowest BCUT2D eigenvalue weighted by atomic mass is 10.1. The zero-order chi connectivity index (χ0) is 16.2. The lowest BCUT2D eigenvalue weighted by Gasteiger charge is -2.07. The van der Waals surface area contributed by atoms with Crippen molar-refractivity contribution >= 4 is 28.1 Å². The Morgan fingerprint density at radius 3 is 2.39 bits per heavy atom. The van der Waals surface area contributed by atoms with Crippen molar-refractivity contribution in [2.45, 2.75) is 0 Å². The number of benzene rings is 2. The monoisotopic (exact) mass is 325 g/mol. The molecule has 0 bridgehead atoms. The molecule has 0 aliphatic heterocycles. The maximum atomic E-state index is 12.2. The Balaban J connectivity index is 1.71. The molecule has 0 fully saturated rings. The first kappa shape index (κ1) is 15.1. The summed E-state index contributed by atoms with van der Waals surface area (Å²) in [4.78, 5) is 16.4. The van der Waals surface area contributed by atoms with Crippen LogP contribution in [-0.2, 0) is 0 Å². The van der Waals surface area contributed by atoms with E-state index in [-0.39, 0.29) is 5.91 Å². The third-order valence-electron chi connectivity index (χ3n) is 3.31. The van der Waals surface area contributed by atoms with Gasteiger partial charge in [0.15, 0.2) is 5.13 Å². The number of nitrogens with zero attached hydrogens (tertiary/aromatic N) is 1. The largest absolute Gasteiger partial charge is 0.497 e. The third-order valence-corrected chi connectivity index (χ3v) is 3.99. The minimum absolute atomic E-state index is 0.168. The van der Waals surface area contributed by atoms with Crippen molar-refractivity contribution in [3.63, 3.8) is 0 Å². The topological polar surface area (TPSA) is 77.2 Å². The summed E-state index contributed by atoms with van der Waals surface area (Å²) >= 11 is 1.40. The summed E-state index contributed by atoms with van der Waals surface area (Å²) in [6.07, 6.45) is 0. The van der Waals surface area contributed by atoms with Crippen LogP contribution >= 0.6 is 11.3 Å². The number of thiazole rings is 1. The SMILES string of the molecule is COc1ccc(C(=O)Nc2ccc(-c3csc(N)n3)cc2)cc1. The van der Waals surface area contributed by atoms with Gasteiger partial charge in [0.05, 0.1) is 12.8 Å². The van der Waals surface area contributed by atoms with Crippen LogP contribution in [0.5, 0.6) is 5.75 Å². The second kappa shape index (κ2) is 6.50. The lowest BCUT2D eigenvalue weighted by Crippen LogP contribution is -2.11. The summed E-state index contributed by atoms with van der Waals surface area (Å²) in [6.45, 7) is 0. The highest BCUT2D eigenvalue weighted by Crippen LogP contribution is 2.24. The predicted molar refractivity (Wildman–Crippen MR) is 92.9 cm³/mol. The zero-order valence-electron chi connectivity index (χ0n) is 12.4. The molecule has 2 aromatic carbocycles. The number of anilines is 2. The molecule has 0 radical (unpaired) electrons. The number of nitrogens with one attached hydrogen (secondary N) is 1. The molecule has 0 spiro atoms. The van der Waals surface area contributed by atoms with Crippen LogP contribution in [0.1, 0.15) is 10.4 Å². The molecule has 0 aliphatic carbocycles. The van der Waals surface area contributed by atoms with Crippen molar-refractivity contribution in [3.8, 4) is 17.0 Å². The molecule has 1 amide bonds. The fraction of sp³-hybridized carbons (Fsp3) is 0.0588. The average molecular weight is 325 g/mol. The molecule has 0 aliphatic rings. The van der Waals surface area contributed by atoms with E-state index in [0.717, 1.165) is 16.9 Å². The van der Waals surface area contributed by atoms with Crippen molar-refractivity contribution in [1.82, 2.24) is 4.98 Å². The van der Waals surface area contributed by atoms with Gasteiger partial charge in [-0.15, -0.1) is 11.3 Å². The van der Waals surface area contributed by atoms with Gasteiger partial charge < -0.3 is 15.8 Å². The summed E-state index contributed by atoms with van der Waals surface area (Å²) < 4.78 is 5.08. The molecule has 3 aromatic rings. The standard InChI is InChI=1S/C17H15N3O2S/c1-22-14-8-4-12(5-9-14)16(21)19-13-6-2-11(3-7-13)15-10-23-17(18)20-15/h2-10H,1H3,(H2,18,20)(H,19,21). The quantitative estimate of drug-likeness (QED) is 0.767. The molecule has 23 heavy (non-hydrogen) atoms. The number of carbonyl (C=O) groups is 1. The van der Waals surface area contributed by atoms with Crippen LogP contribution in [0.15, 0.2) is 53.9 Å². The first-order valence-electron chi connectivity index (χ1n) is 6.92. The fourth-order valence-electron chi connectivity index (χ4n) is 2.09.